The number of benzene rings is 1. The van der Waals surface area contributed by atoms with E-state index < -0.39 is 16.0 Å². The van der Waals surface area contributed by atoms with Crippen LogP contribution in [-0.4, -0.2) is 21.0 Å². The minimum atomic E-state index is -3.90. The first-order valence-corrected chi connectivity index (χ1v) is 7.79. The van der Waals surface area contributed by atoms with Crippen LogP contribution in [0.15, 0.2) is 23.1 Å². The first kappa shape index (κ1) is 14.3. The molecule has 104 valence electrons. The number of sulfonamides is 1. The summed E-state index contributed by atoms with van der Waals surface area (Å²) in [6.45, 7) is 0.334. The van der Waals surface area contributed by atoms with Crippen LogP contribution in [0.3, 0.4) is 0 Å². The van der Waals surface area contributed by atoms with Crippen LogP contribution in [0.25, 0.3) is 0 Å². The van der Waals surface area contributed by atoms with Crippen LogP contribution in [0.2, 0.25) is 5.02 Å². The van der Waals surface area contributed by atoms with Gasteiger partial charge in [0.25, 0.3) is 0 Å². The third-order valence-corrected chi connectivity index (χ3v) is 4.00. The topological polar surface area (TPSA) is 86.5 Å². The van der Waals surface area contributed by atoms with E-state index in [-0.39, 0.29) is 15.5 Å². The van der Waals surface area contributed by atoms with Crippen LogP contribution in [0, 0.1) is 5.92 Å². The first-order chi connectivity index (χ1) is 8.86. The zero-order valence-corrected chi connectivity index (χ0v) is 11.7. The molecule has 2 rings (SSSR count). The summed E-state index contributed by atoms with van der Waals surface area (Å²) in [5, 5.41) is 5.13. The smallest absolute Gasteiger partial charge is 0.338 e. The Morgan fingerprint density at radius 2 is 2.05 bits per heavy atom. The molecule has 1 aromatic carbocycles. The molecule has 0 atom stereocenters. The van der Waals surface area contributed by atoms with Gasteiger partial charge in [0, 0.05) is 5.02 Å². The van der Waals surface area contributed by atoms with Crippen LogP contribution in [0.1, 0.15) is 29.6 Å². The van der Waals surface area contributed by atoms with E-state index in [1.165, 1.54) is 31.0 Å². The average Bonchev–Trinajstić information content (AvgIpc) is 3.11. The molecule has 19 heavy (non-hydrogen) atoms. The number of esters is 1. The lowest BCUT2D eigenvalue weighted by molar-refractivity contribution is 0.0494. The maximum atomic E-state index is 11.8. The van der Waals surface area contributed by atoms with Crippen molar-refractivity contribution in [1.82, 2.24) is 0 Å². The van der Waals surface area contributed by atoms with Gasteiger partial charge in [0.1, 0.15) is 0 Å². The summed E-state index contributed by atoms with van der Waals surface area (Å²) < 4.78 is 27.5. The van der Waals surface area contributed by atoms with Crippen molar-refractivity contribution in [2.75, 3.05) is 6.61 Å². The van der Waals surface area contributed by atoms with E-state index in [0.717, 1.165) is 6.42 Å². The van der Waals surface area contributed by atoms with Crippen LogP contribution >= 0.6 is 11.6 Å². The molecule has 1 aliphatic rings. The number of carbonyl (C=O) groups is 1. The quantitative estimate of drug-likeness (QED) is 0.842. The number of rotatable bonds is 5. The standard InChI is InChI=1S/C12H14ClNO4S/c13-10-5-9(6-11(7-10)19(14,16)17)12(15)18-4-3-8-1-2-8/h5-8H,1-4H2,(H2,14,16,17). The van der Waals surface area contributed by atoms with Gasteiger partial charge in [0.05, 0.1) is 17.1 Å². The number of ether oxygens (including phenoxy) is 1. The van der Waals surface area contributed by atoms with Crippen LogP contribution in [-0.2, 0) is 14.8 Å². The molecule has 0 unspecified atom stereocenters. The van der Waals surface area contributed by atoms with Gasteiger partial charge in [-0.3, -0.25) is 0 Å². The van der Waals surface area contributed by atoms with E-state index in [2.05, 4.69) is 0 Å². The molecule has 0 amide bonds. The van der Waals surface area contributed by atoms with Gasteiger partial charge in [-0.25, -0.2) is 18.4 Å². The first-order valence-electron chi connectivity index (χ1n) is 5.87. The summed E-state index contributed by atoms with van der Waals surface area (Å²) in [5.41, 5.74) is 0.0901. The van der Waals surface area contributed by atoms with E-state index in [0.29, 0.717) is 12.5 Å². The lowest BCUT2D eigenvalue weighted by Gasteiger charge is -2.06. The second-order valence-corrected chi connectivity index (χ2v) is 6.59. The predicted octanol–water partition coefficient (Wildman–Crippen LogP) is 1.94. The third-order valence-electron chi connectivity index (χ3n) is 2.89. The number of halogens is 1. The molecule has 1 aliphatic carbocycles. The van der Waals surface area contributed by atoms with Crippen molar-refractivity contribution in [2.45, 2.75) is 24.2 Å². The zero-order valence-electron chi connectivity index (χ0n) is 10.1. The summed E-state index contributed by atoms with van der Waals surface area (Å²) in [6, 6.07) is 3.72. The second-order valence-electron chi connectivity index (χ2n) is 4.59. The van der Waals surface area contributed by atoms with E-state index in [1.807, 2.05) is 0 Å². The highest BCUT2D eigenvalue weighted by Gasteiger charge is 2.21. The van der Waals surface area contributed by atoms with Crippen LogP contribution in [0.4, 0.5) is 0 Å². The number of hydrogen-bond acceptors (Lipinski definition) is 4. The van der Waals surface area contributed by atoms with Crippen molar-refractivity contribution in [1.29, 1.82) is 0 Å². The van der Waals surface area contributed by atoms with Crippen molar-refractivity contribution < 1.29 is 17.9 Å². The summed E-state index contributed by atoms with van der Waals surface area (Å²) in [5.74, 6) is 0.0696. The van der Waals surface area contributed by atoms with Gasteiger partial charge in [-0.05, 0) is 30.5 Å². The number of nitrogens with two attached hydrogens (primary N) is 1. The lowest BCUT2D eigenvalue weighted by atomic mass is 10.2. The molecule has 0 saturated heterocycles. The minimum Gasteiger partial charge on any atom is -0.462 e. The Hall–Kier alpha value is -1.11. The second kappa shape index (κ2) is 5.48. The summed E-state index contributed by atoms with van der Waals surface area (Å²) in [4.78, 5) is 11.6. The van der Waals surface area contributed by atoms with Gasteiger partial charge < -0.3 is 4.74 Å². The average molecular weight is 304 g/mol. The highest BCUT2D eigenvalue weighted by molar-refractivity contribution is 7.89. The molecule has 7 heteroatoms. The Kier molecular flexibility index (Phi) is 4.13. The van der Waals surface area contributed by atoms with E-state index >= 15 is 0 Å². The summed E-state index contributed by atoms with van der Waals surface area (Å²) in [7, 11) is -3.90. The molecule has 0 spiro atoms. The van der Waals surface area contributed by atoms with Crippen molar-refractivity contribution in [2.24, 2.45) is 11.1 Å². The molecule has 1 saturated carbocycles. The van der Waals surface area contributed by atoms with Crippen LogP contribution < -0.4 is 5.14 Å². The third kappa shape index (κ3) is 4.19. The summed E-state index contributed by atoms with van der Waals surface area (Å²) >= 11 is 5.77. The van der Waals surface area contributed by atoms with Gasteiger partial charge in [0.2, 0.25) is 10.0 Å². The molecule has 0 radical (unpaired) electrons. The van der Waals surface area contributed by atoms with Crippen molar-refractivity contribution in [3.63, 3.8) is 0 Å². The Morgan fingerprint density at radius 1 is 1.37 bits per heavy atom. The molecule has 0 aromatic heterocycles. The van der Waals surface area contributed by atoms with E-state index in [1.54, 1.807) is 0 Å². The minimum absolute atomic E-state index is 0.0901. The van der Waals surface area contributed by atoms with Gasteiger partial charge in [0.15, 0.2) is 0 Å². The SMILES string of the molecule is NS(=O)(=O)c1cc(Cl)cc(C(=O)OCCC2CC2)c1. The highest BCUT2D eigenvalue weighted by atomic mass is 35.5. The molecule has 0 bridgehead atoms. The molecule has 5 nitrogen and oxygen atoms in total. The molecule has 0 heterocycles. The largest absolute Gasteiger partial charge is 0.462 e. The molecular formula is C12H14ClNO4S. The molecule has 0 aliphatic heterocycles. The lowest BCUT2D eigenvalue weighted by Crippen LogP contribution is -2.14. The van der Waals surface area contributed by atoms with Gasteiger partial charge >= 0.3 is 5.97 Å². The number of hydrogen-bond donors (Lipinski definition) is 1. The van der Waals surface area contributed by atoms with E-state index in [4.69, 9.17) is 21.5 Å². The van der Waals surface area contributed by atoms with Gasteiger partial charge in [-0.15, -0.1) is 0 Å². The van der Waals surface area contributed by atoms with Crippen molar-refractivity contribution in [3.8, 4) is 0 Å². The number of carbonyl (C=O) groups excluding carboxylic acids is 1. The molecule has 2 N–H and O–H groups in total. The zero-order chi connectivity index (χ0) is 14.0. The molecule has 1 aromatic rings. The Morgan fingerprint density at radius 3 is 2.63 bits per heavy atom. The highest BCUT2D eigenvalue weighted by Crippen LogP contribution is 2.32. The fourth-order valence-corrected chi connectivity index (χ4v) is 2.54. The predicted molar refractivity (Wildman–Crippen MR) is 70.4 cm³/mol. The fraction of sp³-hybridized carbons (Fsp3) is 0.417. The van der Waals surface area contributed by atoms with Crippen molar-refractivity contribution >= 4 is 27.6 Å². The Balaban J connectivity index is 2.09. The number of primary sulfonamides is 1. The Labute approximate surface area is 116 Å². The monoisotopic (exact) mass is 303 g/mol. The van der Waals surface area contributed by atoms with Crippen molar-refractivity contribution in [3.05, 3.63) is 28.8 Å². The Bertz CT molecular complexity index is 596. The molecular weight excluding hydrogens is 290 g/mol. The summed E-state index contributed by atoms with van der Waals surface area (Å²) in [6.07, 6.45) is 3.21. The maximum Gasteiger partial charge on any atom is 0.338 e. The van der Waals surface area contributed by atoms with Gasteiger partial charge in [-0.2, -0.15) is 0 Å². The molecule has 1 fully saturated rings. The fourth-order valence-electron chi connectivity index (χ4n) is 1.65. The van der Waals surface area contributed by atoms with E-state index in [9.17, 15) is 13.2 Å². The van der Waals surface area contributed by atoms with Crippen LogP contribution in [0.5, 0.6) is 0 Å². The normalized spacial score (nSPS) is 15.3. The maximum absolute atomic E-state index is 11.8. The van der Waals surface area contributed by atoms with Gasteiger partial charge in [-0.1, -0.05) is 24.4 Å².